The van der Waals surface area contributed by atoms with E-state index in [1.807, 2.05) is 108 Å². The molecule has 0 spiro atoms. The molecular formula is C56H36N2O. The van der Waals surface area contributed by atoms with Gasteiger partial charge in [0, 0.05) is 38.6 Å². The van der Waals surface area contributed by atoms with E-state index in [9.17, 15) is 5.48 Å². The van der Waals surface area contributed by atoms with Crippen LogP contribution < -0.4 is 4.90 Å². The zero-order valence-corrected chi connectivity index (χ0v) is 31.8. The van der Waals surface area contributed by atoms with Crippen LogP contribution >= 0.6 is 0 Å². The van der Waals surface area contributed by atoms with Crippen molar-refractivity contribution >= 4 is 82.4 Å². The van der Waals surface area contributed by atoms with Gasteiger partial charge in [0.05, 0.1) is 27.6 Å². The first kappa shape index (κ1) is 29.4. The fourth-order valence-electron chi connectivity index (χ4n) is 8.83. The molecule has 0 radical (unpaired) electrons. The molecule has 0 aliphatic rings. The molecule has 3 heteroatoms. The van der Waals surface area contributed by atoms with E-state index in [-0.39, 0.29) is 35.4 Å². The van der Waals surface area contributed by atoms with Crippen molar-refractivity contribution in [2.24, 2.45) is 0 Å². The Kier molecular flexibility index (Phi) is 6.65. The van der Waals surface area contributed by atoms with Crippen LogP contribution in [0.3, 0.4) is 0 Å². The van der Waals surface area contributed by atoms with E-state index in [1.165, 1.54) is 5.39 Å². The summed E-state index contributed by atoms with van der Waals surface area (Å²) in [5.41, 5.74) is 8.94. The summed E-state index contributed by atoms with van der Waals surface area (Å²) in [6.45, 7) is 0. The van der Waals surface area contributed by atoms with Gasteiger partial charge in [-0.15, -0.1) is 0 Å². The molecule has 3 nitrogen and oxygen atoms in total. The summed E-state index contributed by atoms with van der Waals surface area (Å²) >= 11 is 0. The molecule has 2 heterocycles. The third kappa shape index (κ3) is 5.44. The predicted molar refractivity (Wildman–Crippen MR) is 249 cm³/mol. The van der Waals surface area contributed by atoms with Crippen molar-refractivity contribution in [3.63, 3.8) is 0 Å². The molecule has 0 N–H and O–H groups in total. The van der Waals surface area contributed by atoms with Crippen LogP contribution in [-0.2, 0) is 0 Å². The van der Waals surface area contributed by atoms with Gasteiger partial charge in [-0.25, -0.2) is 0 Å². The van der Waals surface area contributed by atoms with Gasteiger partial charge in [-0.1, -0.05) is 139 Å². The molecule has 0 saturated carbocycles. The maximum absolute atomic E-state index is 9.80. The number of hydrogen-bond donors (Lipinski definition) is 0. The van der Waals surface area contributed by atoms with E-state index >= 15 is 0 Å². The summed E-state index contributed by atoms with van der Waals surface area (Å²) in [7, 11) is 0. The van der Waals surface area contributed by atoms with Crippen LogP contribution in [0.25, 0.3) is 93.2 Å². The second-order valence-corrected chi connectivity index (χ2v) is 15.0. The summed E-state index contributed by atoms with van der Waals surface area (Å²) in [5.74, 6) is 0. The Bertz CT molecular complexity index is 3770. The summed E-state index contributed by atoms with van der Waals surface area (Å²) in [5, 5.41) is 8.08. The number of anilines is 3. The Morgan fingerprint density at radius 2 is 1.07 bits per heavy atom. The van der Waals surface area contributed by atoms with Crippen molar-refractivity contribution in [2.45, 2.75) is 0 Å². The van der Waals surface area contributed by atoms with Crippen LogP contribution in [0.4, 0.5) is 17.1 Å². The monoisotopic (exact) mass is 756 g/mol. The number of aromatic nitrogens is 1. The second-order valence-electron chi connectivity index (χ2n) is 15.0. The van der Waals surface area contributed by atoms with Crippen molar-refractivity contribution in [3.8, 4) is 27.9 Å². The molecule has 0 bridgehead atoms. The Morgan fingerprint density at radius 3 is 1.92 bits per heavy atom. The van der Waals surface area contributed by atoms with E-state index < -0.39 is 0 Å². The smallest absolute Gasteiger partial charge is 0.143 e. The predicted octanol–water partition coefficient (Wildman–Crippen LogP) is 15.8. The molecule has 10 aromatic carbocycles. The third-order valence-electron chi connectivity index (χ3n) is 11.6. The molecule has 12 aromatic rings. The van der Waals surface area contributed by atoms with Gasteiger partial charge < -0.3 is 13.9 Å². The number of benzene rings is 10. The molecule has 0 aliphatic heterocycles. The minimum absolute atomic E-state index is 0.120. The van der Waals surface area contributed by atoms with Gasteiger partial charge in [0.15, 0.2) is 0 Å². The van der Waals surface area contributed by atoms with Crippen molar-refractivity contribution in [1.82, 2.24) is 4.57 Å². The molecular weight excluding hydrogens is 717 g/mol. The minimum atomic E-state index is -0.147. The Morgan fingerprint density at radius 1 is 0.407 bits per heavy atom. The summed E-state index contributed by atoms with van der Waals surface area (Å²) in [4.78, 5) is 1.87. The zero-order chi connectivity index (χ0) is 42.3. The van der Waals surface area contributed by atoms with E-state index in [2.05, 4.69) is 95.6 Å². The minimum Gasteiger partial charge on any atom is -0.455 e. The van der Waals surface area contributed by atoms with Gasteiger partial charge in [-0.05, 0) is 117 Å². The lowest BCUT2D eigenvalue weighted by Crippen LogP contribution is -2.10. The third-order valence-corrected chi connectivity index (χ3v) is 11.6. The first-order valence-corrected chi connectivity index (χ1v) is 19.8. The number of furan rings is 1. The first-order chi connectivity index (χ1) is 30.9. The van der Waals surface area contributed by atoms with Crippen molar-refractivity contribution < 1.29 is 9.90 Å². The average molecular weight is 757 g/mol. The molecule has 0 atom stereocenters. The van der Waals surface area contributed by atoms with Crippen molar-refractivity contribution in [3.05, 3.63) is 218 Å². The molecule has 59 heavy (non-hydrogen) atoms. The van der Waals surface area contributed by atoms with Gasteiger partial charge in [0.2, 0.25) is 0 Å². The molecule has 0 amide bonds. The maximum atomic E-state index is 9.80. The molecule has 0 aliphatic carbocycles. The van der Waals surface area contributed by atoms with Crippen LogP contribution in [0.15, 0.2) is 223 Å². The van der Waals surface area contributed by atoms with Crippen LogP contribution in [0.1, 0.15) is 5.48 Å². The van der Waals surface area contributed by atoms with Crippen LogP contribution in [0, 0.1) is 0 Å². The lowest BCUT2D eigenvalue weighted by Gasteiger charge is -2.26. The standard InChI is InChI=1S/C56H36N2O/c1-2-14-44(15-3-1)58-51-18-9-8-17-48(51)50-36-43(28-34-52(50)58)39-25-31-46(32-26-39)57(45-29-23-38(24-30-45)42-22-21-37-11-4-5-13-41(37)35-42)53-19-10-20-54-55(53)49-33-27-40-12-6-7-16-47(40)56(49)59-54/h1-36H/i25D,26D,31D,32D. The van der Waals surface area contributed by atoms with E-state index in [0.29, 0.717) is 22.5 Å². The van der Waals surface area contributed by atoms with Crippen LogP contribution in [0.5, 0.6) is 0 Å². The molecule has 12 rings (SSSR count). The maximum Gasteiger partial charge on any atom is 0.143 e. The van der Waals surface area contributed by atoms with Crippen LogP contribution in [0.2, 0.25) is 0 Å². The Hall–Kier alpha value is -7.88. The van der Waals surface area contributed by atoms with Gasteiger partial charge >= 0.3 is 0 Å². The first-order valence-electron chi connectivity index (χ1n) is 21.8. The van der Waals surface area contributed by atoms with Crippen molar-refractivity contribution in [2.75, 3.05) is 4.90 Å². The number of para-hydroxylation sites is 2. The van der Waals surface area contributed by atoms with E-state index in [0.717, 1.165) is 71.1 Å². The van der Waals surface area contributed by atoms with Gasteiger partial charge in [-0.2, -0.15) is 0 Å². The molecule has 2 aromatic heterocycles. The summed E-state index contributed by atoms with van der Waals surface area (Å²) in [6, 6.07) is 64.8. The van der Waals surface area contributed by atoms with Gasteiger partial charge in [0.25, 0.3) is 0 Å². The highest BCUT2D eigenvalue weighted by Crippen LogP contribution is 2.45. The summed E-state index contributed by atoms with van der Waals surface area (Å²) < 4.78 is 47.8. The quantitative estimate of drug-likeness (QED) is 0.168. The molecule has 0 unspecified atom stereocenters. The largest absolute Gasteiger partial charge is 0.455 e. The lowest BCUT2D eigenvalue weighted by atomic mass is 10.00. The Labute approximate surface area is 346 Å². The fourth-order valence-corrected chi connectivity index (χ4v) is 8.83. The van der Waals surface area contributed by atoms with Gasteiger partial charge in [-0.3, -0.25) is 0 Å². The highest BCUT2D eigenvalue weighted by atomic mass is 16.3. The number of fused-ring (bicyclic) bond motifs is 9. The highest BCUT2D eigenvalue weighted by molar-refractivity contribution is 6.19. The fraction of sp³-hybridized carbons (Fsp3) is 0. The lowest BCUT2D eigenvalue weighted by molar-refractivity contribution is 0.672. The SMILES string of the molecule is [2H]c1c([2H])c(N(c2ccc(-c3ccc4ccccc4c3)cc2)c2cccc3oc4c5ccccc5ccc4c23)c([2H])c([2H])c1-c1ccc2c(c1)c1ccccc1n2-c1ccccc1. The normalized spacial score (nSPS) is 12.7. The van der Waals surface area contributed by atoms with E-state index in [1.54, 1.807) is 0 Å². The highest BCUT2D eigenvalue weighted by Gasteiger charge is 2.21. The zero-order valence-electron chi connectivity index (χ0n) is 35.8. The number of nitrogens with zero attached hydrogens (tertiary/aromatic N) is 2. The number of hydrogen-bond acceptors (Lipinski definition) is 2. The van der Waals surface area contributed by atoms with Crippen LogP contribution in [-0.4, -0.2) is 4.57 Å². The topological polar surface area (TPSA) is 21.3 Å². The Balaban J connectivity index is 1.07. The molecule has 0 fully saturated rings. The van der Waals surface area contributed by atoms with E-state index in [4.69, 9.17) is 4.42 Å². The summed E-state index contributed by atoms with van der Waals surface area (Å²) in [6.07, 6.45) is 0. The average Bonchev–Trinajstić information content (AvgIpc) is 3.89. The second kappa shape index (κ2) is 13.4. The van der Waals surface area contributed by atoms with Crippen molar-refractivity contribution in [1.29, 1.82) is 0 Å². The number of rotatable bonds is 6. The van der Waals surface area contributed by atoms with Gasteiger partial charge in [0.1, 0.15) is 11.2 Å². The molecule has 276 valence electrons. The molecule has 0 saturated heterocycles.